The number of alkyl halides is 1. The van der Waals surface area contributed by atoms with E-state index in [0.717, 1.165) is 25.9 Å². The van der Waals surface area contributed by atoms with Crippen LogP contribution in [-0.2, 0) is 9.84 Å². The molecule has 0 saturated heterocycles. The van der Waals surface area contributed by atoms with Crippen molar-refractivity contribution in [1.29, 1.82) is 0 Å². The standard InChI is InChI=1S/C10H22ClNO2S/c1-3-15(13,14)9-5-8-12-7-4-6-10(2)11/h10,12H,3-9H2,1-2H3. The highest BCUT2D eigenvalue weighted by Crippen LogP contribution is 2.02. The average molecular weight is 256 g/mol. The molecule has 0 heterocycles. The topological polar surface area (TPSA) is 46.2 Å². The molecule has 92 valence electrons. The maximum atomic E-state index is 11.1. The van der Waals surface area contributed by atoms with Crippen LogP contribution < -0.4 is 5.32 Å². The summed E-state index contributed by atoms with van der Waals surface area (Å²) in [6.07, 6.45) is 2.75. The first-order chi connectivity index (χ1) is 6.98. The predicted molar refractivity (Wildman–Crippen MR) is 66.4 cm³/mol. The molecule has 0 aliphatic carbocycles. The van der Waals surface area contributed by atoms with Crippen LogP contribution in [0.15, 0.2) is 0 Å². The zero-order valence-corrected chi connectivity index (χ0v) is 11.2. The third-order valence-electron chi connectivity index (χ3n) is 2.20. The number of nitrogens with one attached hydrogen (secondary N) is 1. The van der Waals surface area contributed by atoms with Crippen molar-refractivity contribution in [3.05, 3.63) is 0 Å². The number of sulfone groups is 1. The number of rotatable bonds is 9. The first kappa shape index (κ1) is 15.2. The van der Waals surface area contributed by atoms with Gasteiger partial charge >= 0.3 is 0 Å². The Hall–Kier alpha value is 0.200. The lowest BCUT2D eigenvalue weighted by molar-refractivity contribution is 0.584. The molecule has 0 fully saturated rings. The maximum Gasteiger partial charge on any atom is 0.150 e. The third-order valence-corrected chi connectivity index (χ3v) is 4.21. The molecule has 0 amide bonds. The van der Waals surface area contributed by atoms with Gasteiger partial charge in [0.05, 0.1) is 5.75 Å². The molecule has 0 aromatic carbocycles. The van der Waals surface area contributed by atoms with E-state index in [1.807, 2.05) is 6.92 Å². The van der Waals surface area contributed by atoms with Crippen molar-refractivity contribution in [2.45, 2.75) is 38.5 Å². The molecule has 0 aliphatic rings. The van der Waals surface area contributed by atoms with Gasteiger partial charge in [0.15, 0.2) is 0 Å². The Morgan fingerprint density at radius 3 is 2.40 bits per heavy atom. The molecule has 1 N–H and O–H groups in total. The zero-order valence-electron chi connectivity index (χ0n) is 9.63. The van der Waals surface area contributed by atoms with Gasteiger partial charge in [-0.3, -0.25) is 0 Å². The lowest BCUT2D eigenvalue weighted by Gasteiger charge is -2.05. The van der Waals surface area contributed by atoms with Gasteiger partial charge in [-0.2, -0.15) is 0 Å². The van der Waals surface area contributed by atoms with Crippen LogP contribution >= 0.6 is 11.6 Å². The van der Waals surface area contributed by atoms with Gasteiger partial charge in [-0.25, -0.2) is 8.42 Å². The Morgan fingerprint density at radius 2 is 1.87 bits per heavy atom. The van der Waals surface area contributed by atoms with Gasteiger partial charge < -0.3 is 5.32 Å². The van der Waals surface area contributed by atoms with Crippen LogP contribution in [-0.4, -0.2) is 38.4 Å². The van der Waals surface area contributed by atoms with Gasteiger partial charge in [0, 0.05) is 11.1 Å². The lowest BCUT2D eigenvalue weighted by Crippen LogP contribution is -2.20. The average Bonchev–Trinajstić information content (AvgIpc) is 2.16. The van der Waals surface area contributed by atoms with E-state index in [9.17, 15) is 8.42 Å². The second-order valence-electron chi connectivity index (χ2n) is 3.76. The molecule has 0 bridgehead atoms. The maximum absolute atomic E-state index is 11.1. The highest BCUT2D eigenvalue weighted by molar-refractivity contribution is 7.91. The number of halogens is 1. The van der Waals surface area contributed by atoms with Crippen molar-refractivity contribution in [2.24, 2.45) is 0 Å². The molecule has 0 aliphatic heterocycles. The minimum absolute atomic E-state index is 0.229. The predicted octanol–water partition coefficient (Wildman–Crippen LogP) is 1.81. The van der Waals surface area contributed by atoms with Crippen molar-refractivity contribution < 1.29 is 8.42 Å². The SMILES string of the molecule is CCS(=O)(=O)CCCNCCCC(C)Cl. The van der Waals surface area contributed by atoms with E-state index < -0.39 is 9.84 Å². The lowest BCUT2D eigenvalue weighted by atomic mass is 10.2. The fraction of sp³-hybridized carbons (Fsp3) is 1.00. The van der Waals surface area contributed by atoms with Crippen molar-refractivity contribution in [3.8, 4) is 0 Å². The van der Waals surface area contributed by atoms with Gasteiger partial charge in [0.2, 0.25) is 0 Å². The second-order valence-corrected chi connectivity index (χ2v) is 6.98. The van der Waals surface area contributed by atoms with E-state index in [4.69, 9.17) is 11.6 Å². The summed E-state index contributed by atoms with van der Waals surface area (Å²) < 4.78 is 22.3. The van der Waals surface area contributed by atoms with Crippen molar-refractivity contribution in [3.63, 3.8) is 0 Å². The molecule has 1 unspecified atom stereocenters. The second kappa shape index (κ2) is 8.36. The van der Waals surface area contributed by atoms with Crippen LogP contribution in [0.4, 0.5) is 0 Å². The summed E-state index contributed by atoms with van der Waals surface area (Å²) in [5, 5.41) is 3.44. The largest absolute Gasteiger partial charge is 0.317 e. The van der Waals surface area contributed by atoms with E-state index in [-0.39, 0.29) is 11.1 Å². The molecule has 0 saturated carbocycles. The minimum Gasteiger partial charge on any atom is -0.317 e. The van der Waals surface area contributed by atoms with E-state index in [2.05, 4.69) is 5.32 Å². The van der Waals surface area contributed by atoms with Crippen molar-refractivity contribution >= 4 is 21.4 Å². The minimum atomic E-state index is -2.79. The molecular formula is C10H22ClNO2S. The molecule has 1 atom stereocenters. The van der Waals surface area contributed by atoms with Crippen molar-refractivity contribution in [1.82, 2.24) is 5.32 Å². The Balaban J connectivity index is 3.26. The molecule has 0 aromatic heterocycles. The summed E-state index contributed by atoms with van der Waals surface area (Å²) in [5.74, 6) is 0.541. The zero-order chi connectivity index (χ0) is 11.7. The highest BCUT2D eigenvalue weighted by atomic mass is 35.5. The summed E-state index contributed by atoms with van der Waals surface area (Å²) >= 11 is 5.79. The summed E-state index contributed by atoms with van der Waals surface area (Å²) in [6.45, 7) is 5.36. The summed E-state index contributed by atoms with van der Waals surface area (Å²) in [4.78, 5) is 0. The third kappa shape index (κ3) is 10.5. The fourth-order valence-corrected chi connectivity index (χ4v) is 2.22. The molecule has 3 nitrogen and oxygen atoms in total. The highest BCUT2D eigenvalue weighted by Gasteiger charge is 2.05. The Labute approximate surface area is 98.5 Å². The fourth-order valence-electron chi connectivity index (χ4n) is 1.19. The van der Waals surface area contributed by atoms with Crippen molar-refractivity contribution in [2.75, 3.05) is 24.6 Å². The van der Waals surface area contributed by atoms with Crippen LogP contribution in [0, 0.1) is 0 Å². The quantitative estimate of drug-likeness (QED) is 0.505. The number of hydrogen-bond donors (Lipinski definition) is 1. The molecule has 15 heavy (non-hydrogen) atoms. The van der Waals surface area contributed by atoms with Crippen LogP contribution in [0.3, 0.4) is 0 Å². The van der Waals surface area contributed by atoms with Gasteiger partial charge in [0.25, 0.3) is 0 Å². The van der Waals surface area contributed by atoms with E-state index in [1.54, 1.807) is 6.92 Å². The molecule has 5 heteroatoms. The summed E-state index contributed by atoms with van der Waals surface area (Å²) in [5.41, 5.74) is 0. The van der Waals surface area contributed by atoms with E-state index >= 15 is 0 Å². The van der Waals surface area contributed by atoms with Gasteiger partial charge in [0.1, 0.15) is 9.84 Å². The molecular weight excluding hydrogens is 234 g/mol. The number of hydrogen-bond acceptors (Lipinski definition) is 3. The molecule has 0 aromatic rings. The summed E-state index contributed by atoms with van der Waals surface area (Å²) in [7, 11) is -2.79. The van der Waals surface area contributed by atoms with E-state index in [0.29, 0.717) is 12.2 Å². The van der Waals surface area contributed by atoms with Crippen LogP contribution in [0.25, 0.3) is 0 Å². The van der Waals surface area contributed by atoms with Crippen LogP contribution in [0.1, 0.15) is 33.1 Å². The molecule has 0 spiro atoms. The van der Waals surface area contributed by atoms with Gasteiger partial charge in [-0.05, 0) is 39.3 Å². The molecule has 0 radical (unpaired) electrons. The first-order valence-electron chi connectivity index (χ1n) is 5.53. The normalized spacial score (nSPS) is 14.1. The first-order valence-corrected chi connectivity index (χ1v) is 7.79. The Bertz CT molecular complexity index is 240. The van der Waals surface area contributed by atoms with Gasteiger partial charge in [-0.1, -0.05) is 6.92 Å². The van der Waals surface area contributed by atoms with Crippen LogP contribution in [0.5, 0.6) is 0 Å². The smallest absolute Gasteiger partial charge is 0.150 e. The monoisotopic (exact) mass is 255 g/mol. The Kier molecular flexibility index (Phi) is 8.47. The van der Waals surface area contributed by atoms with Crippen LogP contribution in [0.2, 0.25) is 0 Å². The van der Waals surface area contributed by atoms with Gasteiger partial charge in [-0.15, -0.1) is 11.6 Å². The Morgan fingerprint density at radius 1 is 1.27 bits per heavy atom. The van der Waals surface area contributed by atoms with E-state index in [1.165, 1.54) is 0 Å². The molecule has 0 rings (SSSR count). The summed E-state index contributed by atoms with van der Waals surface area (Å²) in [6, 6.07) is 0.